The highest BCUT2D eigenvalue weighted by Crippen LogP contribution is 2.28. The monoisotopic (exact) mass is 566 g/mol. The van der Waals surface area contributed by atoms with Crippen molar-refractivity contribution >= 4 is 40.0 Å². The van der Waals surface area contributed by atoms with Crippen molar-refractivity contribution in [2.45, 2.75) is 32.1 Å². The third-order valence-corrected chi connectivity index (χ3v) is 7.50. The molecule has 4 aromatic rings. The number of hydrogen-bond donors (Lipinski definition) is 2. The number of fused-ring (bicyclic) bond motifs is 1. The van der Waals surface area contributed by atoms with Crippen LogP contribution in [0.3, 0.4) is 0 Å². The first-order chi connectivity index (χ1) is 20.3. The van der Waals surface area contributed by atoms with Crippen molar-refractivity contribution in [3.8, 4) is 11.1 Å². The number of nitrogens with one attached hydrogen (secondary N) is 1. The maximum atomic E-state index is 14.7. The molecule has 0 bridgehead atoms. The highest BCUT2D eigenvalue weighted by molar-refractivity contribution is 6.29. The largest absolute Gasteiger partial charge is 0.364 e. The van der Waals surface area contributed by atoms with Crippen molar-refractivity contribution in [3.63, 3.8) is 0 Å². The molecule has 2 aliphatic rings. The average molecular weight is 567 g/mol. The van der Waals surface area contributed by atoms with E-state index < -0.39 is 29.9 Å². The summed E-state index contributed by atoms with van der Waals surface area (Å²) in [5.74, 6) is -1.37. The number of rotatable bonds is 6. The average Bonchev–Trinajstić information content (AvgIpc) is 3.68. The lowest BCUT2D eigenvalue weighted by molar-refractivity contribution is -0.138. The second-order valence-electron chi connectivity index (χ2n) is 10.3. The summed E-state index contributed by atoms with van der Waals surface area (Å²) in [6.07, 6.45) is 1.64. The Morgan fingerprint density at radius 3 is 2.60 bits per heavy atom. The van der Waals surface area contributed by atoms with Crippen LogP contribution in [0.4, 0.5) is 4.39 Å². The molecule has 1 saturated heterocycles. The smallest absolute Gasteiger partial charge is 0.269 e. The van der Waals surface area contributed by atoms with Gasteiger partial charge >= 0.3 is 0 Å². The number of aromatic nitrogens is 4. The van der Waals surface area contributed by atoms with Gasteiger partial charge in [0.05, 0.1) is 31.0 Å². The molecule has 0 saturated carbocycles. The number of amides is 3. The highest BCUT2D eigenvalue weighted by Gasteiger charge is 2.41. The van der Waals surface area contributed by atoms with Gasteiger partial charge in [-0.05, 0) is 41.8 Å². The van der Waals surface area contributed by atoms with Crippen LogP contribution in [0, 0.1) is 0 Å². The molecule has 2 aliphatic heterocycles. The van der Waals surface area contributed by atoms with Crippen molar-refractivity contribution in [1.29, 1.82) is 0 Å². The zero-order valence-electron chi connectivity index (χ0n) is 22.7. The van der Waals surface area contributed by atoms with E-state index in [4.69, 9.17) is 5.73 Å². The fourth-order valence-electron chi connectivity index (χ4n) is 5.50. The van der Waals surface area contributed by atoms with Crippen LogP contribution >= 0.6 is 0 Å². The molecule has 0 spiro atoms. The van der Waals surface area contributed by atoms with Gasteiger partial charge in [-0.2, -0.15) is 15.3 Å². The lowest BCUT2D eigenvalue weighted by atomic mass is 10.0. The molecular formula is C30H27FN8O3. The summed E-state index contributed by atoms with van der Waals surface area (Å²) in [4.78, 5) is 44.8. The molecule has 2 unspecified atom stereocenters. The van der Waals surface area contributed by atoms with E-state index in [1.165, 1.54) is 9.58 Å². The van der Waals surface area contributed by atoms with Gasteiger partial charge in [0.15, 0.2) is 5.69 Å². The Labute approximate surface area is 239 Å². The predicted molar refractivity (Wildman–Crippen MR) is 154 cm³/mol. The SMILES string of the molecule is CC1=C(c2ccccc2)C(NC(=O)C2CC(F)CN2C(=O)Cn2nc(C(N)=O)c3cc(-c4ccnnc4)ccc32)=NC1. The maximum Gasteiger partial charge on any atom is 0.269 e. The van der Waals surface area contributed by atoms with Gasteiger partial charge in [0.2, 0.25) is 11.8 Å². The molecule has 11 nitrogen and oxygen atoms in total. The second-order valence-corrected chi connectivity index (χ2v) is 10.3. The van der Waals surface area contributed by atoms with Gasteiger partial charge in [-0.3, -0.25) is 24.1 Å². The molecule has 212 valence electrons. The molecule has 3 amide bonds. The molecule has 2 atom stereocenters. The number of carbonyl (C=O) groups excluding carboxylic acids is 3. The third-order valence-electron chi connectivity index (χ3n) is 7.50. The summed E-state index contributed by atoms with van der Waals surface area (Å²) in [7, 11) is 0. The van der Waals surface area contributed by atoms with E-state index in [1.807, 2.05) is 37.3 Å². The first-order valence-electron chi connectivity index (χ1n) is 13.4. The quantitative estimate of drug-likeness (QED) is 0.366. The Bertz CT molecular complexity index is 1770. The second kappa shape index (κ2) is 11.0. The maximum absolute atomic E-state index is 14.7. The highest BCUT2D eigenvalue weighted by atomic mass is 19.1. The number of carbonyl (C=O) groups is 3. The van der Waals surface area contributed by atoms with Gasteiger partial charge in [-0.25, -0.2) is 4.39 Å². The summed E-state index contributed by atoms with van der Waals surface area (Å²) in [5.41, 5.74) is 10.4. The first-order valence-corrected chi connectivity index (χ1v) is 13.4. The van der Waals surface area contributed by atoms with Gasteiger partial charge in [-0.1, -0.05) is 36.4 Å². The molecule has 1 fully saturated rings. The molecule has 0 radical (unpaired) electrons. The first kappa shape index (κ1) is 26.9. The minimum absolute atomic E-state index is 0.00408. The number of amidine groups is 1. The number of alkyl halides is 1. The number of primary amides is 1. The Morgan fingerprint density at radius 2 is 1.86 bits per heavy atom. The van der Waals surface area contributed by atoms with Crippen molar-refractivity contribution in [2.75, 3.05) is 13.1 Å². The predicted octanol–water partition coefficient (Wildman–Crippen LogP) is 2.53. The van der Waals surface area contributed by atoms with Crippen molar-refractivity contribution < 1.29 is 18.8 Å². The number of aliphatic imine (C=N–C) groups is 1. The van der Waals surface area contributed by atoms with Gasteiger partial charge in [0.1, 0.15) is 24.6 Å². The molecule has 0 aliphatic carbocycles. The zero-order chi connectivity index (χ0) is 29.4. The van der Waals surface area contributed by atoms with Crippen LogP contribution in [0.15, 0.2) is 77.6 Å². The number of halogens is 1. The van der Waals surface area contributed by atoms with Crippen molar-refractivity contribution in [1.82, 2.24) is 30.2 Å². The van der Waals surface area contributed by atoms with E-state index in [-0.39, 0.29) is 25.2 Å². The molecule has 12 heteroatoms. The van der Waals surface area contributed by atoms with Gasteiger partial charge in [0, 0.05) is 22.9 Å². The lowest BCUT2D eigenvalue weighted by Gasteiger charge is -2.24. The lowest BCUT2D eigenvalue weighted by Crippen LogP contribution is -2.48. The van der Waals surface area contributed by atoms with E-state index in [1.54, 1.807) is 36.7 Å². The molecule has 2 aromatic carbocycles. The van der Waals surface area contributed by atoms with Gasteiger partial charge < -0.3 is 16.0 Å². The minimum atomic E-state index is -1.37. The minimum Gasteiger partial charge on any atom is -0.364 e. The van der Waals surface area contributed by atoms with E-state index in [0.29, 0.717) is 23.3 Å². The fourth-order valence-corrected chi connectivity index (χ4v) is 5.50. The molecular weight excluding hydrogens is 539 g/mol. The topological polar surface area (TPSA) is 148 Å². The Hall–Kier alpha value is -5.26. The van der Waals surface area contributed by atoms with E-state index in [2.05, 4.69) is 25.6 Å². The Morgan fingerprint density at radius 1 is 1.05 bits per heavy atom. The van der Waals surface area contributed by atoms with Crippen LogP contribution in [0.2, 0.25) is 0 Å². The Kier molecular flexibility index (Phi) is 7.03. The summed E-state index contributed by atoms with van der Waals surface area (Å²) in [5, 5.41) is 15.3. The van der Waals surface area contributed by atoms with Gasteiger partial charge in [0.25, 0.3) is 5.91 Å². The molecule has 2 aromatic heterocycles. The molecule has 4 heterocycles. The molecule has 6 rings (SSSR count). The van der Waals surface area contributed by atoms with Crippen LogP contribution in [-0.4, -0.2) is 73.7 Å². The Balaban J connectivity index is 1.23. The van der Waals surface area contributed by atoms with Crippen LogP contribution in [-0.2, 0) is 16.1 Å². The van der Waals surface area contributed by atoms with Crippen LogP contribution in [0.25, 0.3) is 27.6 Å². The number of nitrogens with two attached hydrogens (primary N) is 1. The number of nitrogens with zero attached hydrogens (tertiary/aromatic N) is 6. The summed E-state index contributed by atoms with van der Waals surface area (Å²) >= 11 is 0. The van der Waals surface area contributed by atoms with E-state index in [0.717, 1.165) is 27.8 Å². The zero-order valence-corrected chi connectivity index (χ0v) is 22.7. The van der Waals surface area contributed by atoms with E-state index >= 15 is 0 Å². The summed E-state index contributed by atoms with van der Waals surface area (Å²) in [6.45, 7) is 1.84. The van der Waals surface area contributed by atoms with Crippen LogP contribution < -0.4 is 11.1 Å². The normalized spacial score (nSPS) is 18.4. The standard InChI is InChI=1S/C30H27FN8O3/c1-17-13-33-29(26(17)18-5-3-2-4-6-18)36-30(42)24-12-21(31)15-38(24)25(40)16-39-23-8-7-19(20-9-10-34-35-14-20)11-22(23)27(37-39)28(32)41/h2-11,14,21,24H,12-13,15-16H2,1H3,(H2,32,41)(H,33,36,42). The summed E-state index contributed by atoms with van der Waals surface area (Å²) in [6, 6.07) is 15.6. The molecule has 3 N–H and O–H groups in total. The van der Waals surface area contributed by atoms with Crippen molar-refractivity contribution in [3.05, 3.63) is 83.8 Å². The molecule has 42 heavy (non-hydrogen) atoms. The van der Waals surface area contributed by atoms with Crippen LogP contribution in [0.5, 0.6) is 0 Å². The number of benzene rings is 2. The van der Waals surface area contributed by atoms with Gasteiger partial charge in [-0.15, -0.1) is 0 Å². The number of hydrogen-bond acceptors (Lipinski definition) is 7. The van der Waals surface area contributed by atoms with Crippen LogP contribution in [0.1, 0.15) is 29.4 Å². The summed E-state index contributed by atoms with van der Waals surface area (Å²) < 4.78 is 16.0. The number of likely N-dealkylation sites (tertiary alicyclic amines) is 1. The van der Waals surface area contributed by atoms with E-state index in [9.17, 15) is 18.8 Å². The fraction of sp³-hybridized carbons (Fsp3) is 0.233. The van der Waals surface area contributed by atoms with Crippen molar-refractivity contribution in [2.24, 2.45) is 10.7 Å². The third kappa shape index (κ3) is 5.02.